The number of aromatic nitrogens is 3. The Morgan fingerprint density at radius 3 is 2.70 bits per heavy atom. The molecule has 0 atom stereocenters. The molecular weight excluding hydrogens is 342 g/mol. The minimum Gasteiger partial charge on any atom is -0.456 e. The van der Waals surface area contributed by atoms with E-state index in [-0.39, 0.29) is 0 Å². The Morgan fingerprint density at radius 2 is 2.04 bits per heavy atom. The first-order chi connectivity index (χ1) is 13.0. The monoisotopic (exact) mass is 363 g/mol. The van der Waals surface area contributed by atoms with E-state index in [0.717, 1.165) is 39.5 Å². The zero-order valence-electron chi connectivity index (χ0n) is 15.8. The Hall–Kier alpha value is -3.19. The fourth-order valence-electron chi connectivity index (χ4n) is 3.13. The fraction of sp³-hybridized carbons (Fsp3) is 0.250. The highest BCUT2D eigenvalue weighted by molar-refractivity contribution is 5.92. The van der Waals surface area contributed by atoms with E-state index < -0.39 is 0 Å². The maximum absolute atomic E-state index is 6.09. The SMILES string of the molecule is Cc1noc(C)c1-c1cc2cc(CN(C)C)oc2c(Nc2cccnc2)n1. The molecule has 0 aromatic carbocycles. The molecule has 1 N–H and O–H groups in total. The van der Waals surface area contributed by atoms with Crippen molar-refractivity contribution in [2.24, 2.45) is 0 Å². The van der Waals surface area contributed by atoms with Crippen LogP contribution in [0.2, 0.25) is 0 Å². The second-order valence-electron chi connectivity index (χ2n) is 6.79. The highest BCUT2D eigenvalue weighted by Gasteiger charge is 2.18. The fourth-order valence-corrected chi connectivity index (χ4v) is 3.13. The van der Waals surface area contributed by atoms with Crippen molar-refractivity contribution in [2.45, 2.75) is 20.4 Å². The summed E-state index contributed by atoms with van der Waals surface area (Å²) >= 11 is 0. The van der Waals surface area contributed by atoms with E-state index >= 15 is 0 Å². The Morgan fingerprint density at radius 1 is 1.19 bits per heavy atom. The van der Waals surface area contributed by atoms with E-state index in [9.17, 15) is 0 Å². The Labute approximate surface area is 157 Å². The van der Waals surface area contributed by atoms with E-state index in [1.54, 1.807) is 12.4 Å². The Kier molecular flexibility index (Phi) is 4.37. The molecule has 4 aromatic heterocycles. The molecule has 0 fully saturated rings. The van der Waals surface area contributed by atoms with Gasteiger partial charge in [-0.15, -0.1) is 0 Å². The molecule has 27 heavy (non-hydrogen) atoms. The number of pyridine rings is 2. The zero-order valence-corrected chi connectivity index (χ0v) is 15.8. The van der Waals surface area contributed by atoms with Gasteiger partial charge in [-0.25, -0.2) is 4.98 Å². The lowest BCUT2D eigenvalue weighted by atomic mass is 10.1. The quantitative estimate of drug-likeness (QED) is 0.566. The molecule has 0 spiro atoms. The lowest BCUT2D eigenvalue weighted by Gasteiger charge is -2.08. The van der Waals surface area contributed by atoms with Gasteiger partial charge < -0.3 is 19.2 Å². The third-order valence-electron chi connectivity index (χ3n) is 4.24. The van der Waals surface area contributed by atoms with Gasteiger partial charge in [0.2, 0.25) is 0 Å². The Balaban J connectivity index is 1.88. The van der Waals surface area contributed by atoms with Crippen molar-refractivity contribution in [3.05, 3.63) is 53.9 Å². The second kappa shape index (κ2) is 6.85. The van der Waals surface area contributed by atoms with E-state index in [4.69, 9.17) is 13.9 Å². The number of nitrogens with zero attached hydrogens (tertiary/aromatic N) is 4. The number of nitrogens with one attached hydrogen (secondary N) is 1. The molecule has 0 aliphatic rings. The van der Waals surface area contributed by atoms with Crippen LogP contribution in [0.25, 0.3) is 22.2 Å². The molecule has 0 radical (unpaired) electrons. The molecule has 0 amide bonds. The van der Waals surface area contributed by atoms with Crippen molar-refractivity contribution in [2.75, 3.05) is 19.4 Å². The van der Waals surface area contributed by atoms with Crippen LogP contribution in [0.15, 0.2) is 45.6 Å². The Bertz CT molecular complexity index is 1060. The third kappa shape index (κ3) is 3.41. The number of fused-ring (bicyclic) bond motifs is 1. The van der Waals surface area contributed by atoms with E-state index in [0.29, 0.717) is 17.9 Å². The molecule has 0 saturated carbocycles. The average molecular weight is 363 g/mol. The highest BCUT2D eigenvalue weighted by Crippen LogP contribution is 2.34. The number of anilines is 2. The van der Waals surface area contributed by atoms with Gasteiger partial charge in [0, 0.05) is 11.6 Å². The van der Waals surface area contributed by atoms with Gasteiger partial charge in [-0.1, -0.05) is 5.16 Å². The van der Waals surface area contributed by atoms with Crippen molar-refractivity contribution < 1.29 is 8.94 Å². The minimum absolute atomic E-state index is 0.639. The summed E-state index contributed by atoms with van der Waals surface area (Å²) in [4.78, 5) is 11.0. The van der Waals surface area contributed by atoms with E-state index in [2.05, 4.69) is 20.4 Å². The molecule has 0 aliphatic carbocycles. The average Bonchev–Trinajstić information content (AvgIpc) is 3.17. The van der Waals surface area contributed by atoms with Crippen molar-refractivity contribution in [1.82, 2.24) is 20.0 Å². The van der Waals surface area contributed by atoms with Crippen LogP contribution in [0, 0.1) is 13.8 Å². The van der Waals surface area contributed by atoms with Crippen molar-refractivity contribution in [3.63, 3.8) is 0 Å². The summed E-state index contributed by atoms with van der Waals surface area (Å²) in [7, 11) is 4.02. The molecule has 4 rings (SSSR count). The summed E-state index contributed by atoms with van der Waals surface area (Å²) in [5.41, 5.74) is 4.06. The number of aryl methyl sites for hydroxylation is 2. The maximum atomic E-state index is 6.09. The number of hydrogen-bond acceptors (Lipinski definition) is 7. The van der Waals surface area contributed by atoms with Gasteiger partial charge in [-0.2, -0.15) is 0 Å². The summed E-state index contributed by atoms with van der Waals surface area (Å²) in [6.45, 7) is 4.52. The standard InChI is InChI=1S/C20H21N5O2/c1-12-18(13(2)27-24-12)17-9-14-8-16(11-25(3)4)26-19(14)20(23-17)22-15-6-5-7-21-10-15/h5-10H,11H2,1-4H3,(H,22,23). The predicted octanol–water partition coefficient (Wildman–Crippen LogP) is 4.30. The van der Waals surface area contributed by atoms with Crippen molar-refractivity contribution >= 4 is 22.5 Å². The van der Waals surface area contributed by atoms with Gasteiger partial charge in [0.15, 0.2) is 11.4 Å². The molecule has 4 aromatic rings. The van der Waals surface area contributed by atoms with Crippen LogP contribution >= 0.6 is 0 Å². The lowest BCUT2D eigenvalue weighted by Crippen LogP contribution is -2.09. The molecule has 0 aliphatic heterocycles. The lowest BCUT2D eigenvalue weighted by molar-refractivity contribution is 0.358. The van der Waals surface area contributed by atoms with Crippen LogP contribution < -0.4 is 5.32 Å². The minimum atomic E-state index is 0.639. The summed E-state index contributed by atoms with van der Waals surface area (Å²) in [5.74, 6) is 2.26. The first-order valence-electron chi connectivity index (χ1n) is 8.70. The molecule has 138 valence electrons. The molecule has 7 heteroatoms. The van der Waals surface area contributed by atoms with Crippen LogP contribution in [-0.2, 0) is 6.54 Å². The van der Waals surface area contributed by atoms with Crippen LogP contribution in [0.5, 0.6) is 0 Å². The van der Waals surface area contributed by atoms with Crippen LogP contribution in [0.3, 0.4) is 0 Å². The normalized spacial score (nSPS) is 11.4. The van der Waals surface area contributed by atoms with Crippen LogP contribution in [0.1, 0.15) is 17.2 Å². The van der Waals surface area contributed by atoms with Gasteiger partial charge in [0.05, 0.1) is 35.4 Å². The summed E-state index contributed by atoms with van der Waals surface area (Å²) in [6, 6.07) is 7.87. The van der Waals surface area contributed by atoms with Crippen LogP contribution in [0.4, 0.5) is 11.5 Å². The van der Waals surface area contributed by atoms with Crippen molar-refractivity contribution in [3.8, 4) is 11.3 Å². The second-order valence-corrected chi connectivity index (χ2v) is 6.79. The van der Waals surface area contributed by atoms with Gasteiger partial charge in [0.25, 0.3) is 0 Å². The molecule has 0 bridgehead atoms. The van der Waals surface area contributed by atoms with Crippen molar-refractivity contribution in [1.29, 1.82) is 0 Å². The highest BCUT2D eigenvalue weighted by atomic mass is 16.5. The van der Waals surface area contributed by atoms with Gasteiger partial charge >= 0.3 is 0 Å². The first kappa shape index (κ1) is 17.2. The smallest absolute Gasteiger partial charge is 0.176 e. The topological polar surface area (TPSA) is 80.2 Å². The largest absolute Gasteiger partial charge is 0.456 e. The molecule has 4 heterocycles. The van der Waals surface area contributed by atoms with Crippen LogP contribution in [-0.4, -0.2) is 34.1 Å². The maximum Gasteiger partial charge on any atom is 0.176 e. The van der Waals surface area contributed by atoms with E-state index in [1.165, 1.54) is 0 Å². The summed E-state index contributed by atoms with van der Waals surface area (Å²) < 4.78 is 11.4. The number of hydrogen-bond donors (Lipinski definition) is 1. The van der Waals surface area contributed by atoms with Gasteiger partial charge in [-0.05, 0) is 52.2 Å². The summed E-state index contributed by atoms with van der Waals surface area (Å²) in [6.07, 6.45) is 3.48. The number of furan rings is 1. The predicted molar refractivity (Wildman–Crippen MR) is 104 cm³/mol. The third-order valence-corrected chi connectivity index (χ3v) is 4.24. The molecule has 0 saturated heterocycles. The van der Waals surface area contributed by atoms with Gasteiger partial charge in [-0.3, -0.25) is 4.98 Å². The zero-order chi connectivity index (χ0) is 19.0. The molecular formula is C20H21N5O2. The van der Waals surface area contributed by atoms with E-state index in [1.807, 2.05) is 52.2 Å². The number of rotatable bonds is 5. The molecule has 0 unspecified atom stereocenters. The first-order valence-corrected chi connectivity index (χ1v) is 8.70. The van der Waals surface area contributed by atoms with Gasteiger partial charge in [0.1, 0.15) is 11.5 Å². The molecule has 7 nitrogen and oxygen atoms in total. The summed E-state index contributed by atoms with van der Waals surface area (Å²) in [5, 5.41) is 8.35.